The van der Waals surface area contributed by atoms with Gasteiger partial charge in [-0.25, -0.2) is 27.1 Å². The van der Waals surface area contributed by atoms with Crippen molar-refractivity contribution in [3.05, 3.63) is 40.7 Å². The van der Waals surface area contributed by atoms with Gasteiger partial charge in [-0.2, -0.15) is 0 Å². The molecule has 0 radical (unpaired) electrons. The number of anilines is 1. The number of nitrogens with zero attached hydrogens (tertiary/aromatic N) is 4. The van der Waals surface area contributed by atoms with E-state index >= 15 is 0 Å². The molecule has 146 valence electrons. The molecule has 0 aromatic carbocycles. The molecule has 1 saturated heterocycles. The Bertz CT molecular complexity index is 984. The molecule has 27 heavy (non-hydrogen) atoms. The first-order valence-corrected chi connectivity index (χ1v) is 10.6. The Balaban J connectivity index is 1.77. The van der Waals surface area contributed by atoms with E-state index in [-0.39, 0.29) is 23.2 Å². The van der Waals surface area contributed by atoms with Crippen LogP contribution in [-0.4, -0.2) is 52.6 Å². The van der Waals surface area contributed by atoms with E-state index in [1.54, 1.807) is 6.20 Å². The molecule has 0 amide bonds. The number of aryl methyl sites for hydroxylation is 1. The molecule has 3 rings (SSSR count). The van der Waals surface area contributed by atoms with Gasteiger partial charge in [0, 0.05) is 43.5 Å². The molecule has 0 bridgehead atoms. The van der Waals surface area contributed by atoms with Crippen LogP contribution in [0, 0.1) is 5.82 Å². The van der Waals surface area contributed by atoms with Crippen LogP contribution in [0.3, 0.4) is 0 Å². The number of rotatable bonds is 5. The lowest BCUT2D eigenvalue weighted by Gasteiger charge is -2.30. The first kappa shape index (κ1) is 19.4. The molecule has 0 unspecified atom stereocenters. The van der Waals surface area contributed by atoms with Crippen molar-refractivity contribution in [2.24, 2.45) is 0 Å². The number of aromatic nitrogens is 3. The van der Waals surface area contributed by atoms with E-state index in [1.165, 1.54) is 27.3 Å². The summed E-state index contributed by atoms with van der Waals surface area (Å²) in [6.45, 7) is 3.15. The smallest absolute Gasteiger partial charge is 0.250 e. The standard InChI is InChI=1S/C17H22FN5O3S/c1-3-22-11-12(4-5-15(22)24)16-14(18)10-19-17(21-16)20-13-6-8-23(9-7-13)27(2,25)26/h4-5,10-11,13H,3,6-9H2,1-2H3,(H,19,20,21). The van der Waals surface area contributed by atoms with E-state index in [2.05, 4.69) is 15.3 Å². The predicted octanol–water partition coefficient (Wildman–Crippen LogP) is 1.30. The van der Waals surface area contributed by atoms with Crippen LogP contribution < -0.4 is 10.9 Å². The summed E-state index contributed by atoms with van der Waals surface area (Å²) in [6.07, 6.45) is 5.10. The van der Waals surface area contributed by atoms with Crippen LogP contribution in [0.4, 0.5) is 10.3 Å². The summed E-state index contributed by atoms with van der Waals surface area (Å²) in [7, 11) is -3.18. The third-order valence-electron chi connectivity index (χ3n) is 4.60. The maximum Gasteiger partial charge on any atom is 0.250 e. The van der Waals surface area contributed by atoms with Crippen LogP contribution >= 0.6 is 0 Å². The molecule has 0 aliphatic carbocycles. The molecular weight excluding hydrogens is 373 g/mol. The van der Waals surface area contributed by atoms with Crippen molar-refractivity contribution >= 4 is 16.0 Å². The molecule has 1 aliphatic rings. The van der Waals surface area contributed by atoms with Gasteiger partial charge in [0.25, 0.3) is 5.56 Å². The lowest BCUT2D eigenvalue weighted by atomic mass is 10.1. The minimum absolute atomic E-state index is 0.00547. The Kier molecular flexibility index (Phi) is 5.56. The Morgan fingerprint density at radius 3 is 2.63 bits per heavy atom. The third-order valence-corrected chi connectivity index (χ3v) is 5.90. The zero-order valence-corrected chi connectivity index (χ0v) is 16.0. The first-order chi connectivity index (χ1) is 12.8. The van der Waals surface area contributed by atoms with E-state index in [0.717, 1.165) is 6.20 Å². The zero-order valence-electron chi connectivity index (χ0n) is 15.2. The Morgan fingerprint density at radius 1 is 1.30 bits per heavy atom. The van der Waals surface area contributed by atoms with Gasteiger partial charge in [0.1, 0.15) is 5.69 Å². The van der Waals surface area contributed by atoms with Crippen LogP contribution in [0.2, 0.25) is 0 Å². The summed E-state index contributed by atoms with van der Waals surface area (Å²) >= 11 is 0. The molecule has 1 N–H and O–H groups in total. The Labute approximate surface area is 157 Å². The largest absolute Gasteiger partial charge is 0.351 e. The molecular formula is C17H22FN5O3S. The van der Waals surface area contributed by atoms with Crippen LogP contribution in [0.15, 0.2) is 29.3 Å². The van der Waals surface area contributed by atoms with E-state index < -0.39 is 15.8 Å². The summed E-state index contributed by atoms with van der Waals surface area (Å²) in [5, 5.41) is 3.15. The van der Waals surface area contributed by atoms with Gasteiger partial charge < -0.3 is 9.88 Å². The van der Waals surface area contributed by atoms with Crippen molar-refractivity contribution in [3.8, 4) is 11.3 Å². The van der Waals surface area contributed by atoms with Crippen molar-refractivity contribution in [1.29, 1.82) is 0 Å². The fourth-order valence-electron chi connectivity index (χ4n) is 3.07. The summed E-state index contributed by atoms with van der Waals surface area (Å²) in [5.41, 5.74) is 0.446. The molecule has 2 aromatic heterocycles. The van der Waals surface area contributed by atoms with Crippen molar-refractivity contribution in [3.63, 3.8) is 0 Å². The summed E-state index contributed by atoms with van der Waals surface area (Å²) in [4.78, 5) is 20.0. The van der Waals surface area contributed by atoms with Gasteiger partial charge in [0.05, 0.1) is 12.5 Å². The fraction of sp³-hybridized carbons (Fsp3) is 0.471. The second-order valence-corrected chi connectivity index (χ2v) is 8.50. The summed E-state index contributed by atoms with van der Waals surface area (Å²) in [5.74, 6) is -0.299. The highest BCUT2D eigenvalue weighted by molar-refractivity contribution is 7.88. The number of nitrogens with one attached hydrogen (secondary N) is 1. The predicted molar refractivity (Wildman–Crippen MR) is 100 cm³/mol. The van der Waals surface area contributed by atoms with Crippen LogP contribution in [-0.2, 0) is 16.6 Å². The van der Waals surface area contributed by atoms with Crippen LogP contribution in [0.25, 0.3) is 11.3 Å². The highest BCUT2D eigenvalue weighted by Gasteiger charge is 2.25. The number of hydrogen-bond acceptors (Lipinski definition) is 6. The van der Waals surface area contributed by atoms with Gasteiger partial charge in [-0.05, 0) is 25.8 Å². The van der Waals surface area contributed by atoms with Crippen LogP contribution in [0.1, 0.15) is 19.8 Å². The van der Waals surface area contributed by atoms with Gasteiger partial charge in [0.15, 0.2) is 5.82 Å². The fourth-order valence-corrected chi connectivity index (χ4v) is 3.95. The number of halogens is 1. The first-order valence-electron chi connectivity index (χ1n) is 8.73. The number of sulfonamides is 1. The monoisotopic (exact) mass is 395 g/mol. The molecule has 1 aliphatic heterocycles. The normalized spacial score (nSPS) is 16.4. The molecule has 0 atom stereocenters. The lowest BCUT2D eigenvalue weighted by molar-refractivity contribution is 0.331. The summed E-state index contributed by atoms with van der Waals surface area (Å²) < 4.78 is 40.3. The molecule has 3 heterocycles. The topological polar surface area (TPSA) is 97.2 Å². The molecule has 0 saturated carbocycles. The molecule has 0 spiro atoms. The van der Waals surface area contributed by atoms with Crippen molar-refractivity contribution in [1.82, 2.24) is 18.8 Å². The third kappa shape index (κ3) is 4.51. The maximum atomic E-state index is 14.2. The van der Waals surface area contributed by atoms with E-state index in [9.17, 15) is 17.6 Å². The maximum absolute atomic E-state index is 14.2. The van der Waals surface area contributed by atoms with Gasteiger partial charge >= 0.3 is 0 Å². The van der Waals surface area contributed by atoms with Gasteiger partial charge in [-0.3, -0.25) is 4.79 Å². The lowest BCUT2D eigenvalue weighted by Crippen LogP contribution is -2.42. The number of pyridine rings is 1. The van der Waals surface area contributed by atoms with Crippen LogP contribution in [0.5, 0.6) is 0 Å². The second-order valence-electron chi connectivity index (χ2n) is 6.51. The molecule has 8 nitrogen and oxygen atoms in total. The number of piperidine rings is 1. The second kappa shape index (κ2) is 7.73. The van der Waals surface area contributed by atoms with Gasteiger partial charge in [0.2, 0.25) is 16.0 Å². The van der Waals surface area contributed by atoms with E-state index in [4.69, 9.17) is 0 Å². The number of hydrogen-bond donors (Lipinski definition) is 1. The highest BCUT2D eigenvalue weighted by Crippen LogP contribution is 2.22. The Morgan fingerprint density at radius 2 is 2.00 bits per heavy atom. The average Bonchev–Trinajstić information content (AvgIpc) is 2.63. The average molecular weight is 395 g/mol. The highest BCUT2D eigenvalue weighted by atomic mass is 32.2. The van der Waals surface area contributed by atoms with Crippen molar-refractivity contribution in [2.45, 2.75) is 32.4 Å². The van der Waals surface area contributed by atoms with E-state index in [1.807, 2.05) is 6.92 Å². The summed E-state index contributed by atoms with van der Waals surface area (Å²) in [6, 6.07) is 2.92. The molecule has 10 heteroatoms. The zero-order chi connectivity index (χ0) is 19.6. The molecule has 1 fully saturated rings. The SMILES string of the molecule is CCn1cc(-c2nc(NC3CCN(S(C)(=O)=O)CC3)ncc2F)ccc1=O. The van der Waals surface area contributed by atoms with Gasteiger partial charge in [-0.15, -0.1) is 0 Å². The quantitative estimate of drug-likeness (QED) is 0.820. The Hall–Kier alpha value is -2.33. The van der Waals surface area contributed by atoms with Gasteiger partial charge in [-0.1, -0.05) is 0 Å². The minimum atomic E-state index is -3.18. The van der Waals surface area contributed by atoms with E-state index in [0.29, 0.717) is 38.0 Å². The molecule has 2 aromatic rings. The minimum Gasteiger partial charge on any atom is -0.351 e. The van der Waals surface area contributed by atoms with Crippen molar-refractivity contribution in [2.75, 3.05) is 24.7 Å². The van der Waals surface area contributed by atoms with Crippen molar-refractivity contribution < 1.29 is 12.8 Å².